The van der Waals surface area contributed by atoms with Gasteiger partial charge in [-0.15, -0.1) is 0 Å². The number of pyridine rings is 1. The van der Waals surface area contributed by atoms with E-state index in [-0.39, 0.29) is 17.9 Å². The molecule has 0 atom stereocenters. The number of ketones is 1. The number of carbonyl (C=O) groups is 3. The number of H-pyrrole nitrogens is 1. The third-order valence-corrected chi connectivity index (χ3v) is 4.36. The highest BCUT2D eigenvalue weighted by molar-refractivity contribution is 6.11. The van der Waals surface area contributed by atoms with Gasteiger partial charge in [-0.25, -0.2) is 0 Å². The fourth-order valence-corrected chi connectivity index (χ4v) is 2.78. The van der Waals surface area contributed by atoms with Gasteiger partial charge in [0.2, 0.25) is 0 Å². The van der Waals surface area contributed by atoms with Crippen molar-refractivity contribution in [2.45, 2.75) is 0 Å². The van der Waals surface area contributed by atoms with E-state index in [1.165, 1.54) is 31.4 Å². The van der Waals surface area contributed by atoms with Crippen LogP contribution >= 0.6 is 0 Å². The highest BCUT2D eigenvalue weighted by Crippen LogP contribution is 2.25. The maximum Gasteiger partial charge on any atom is 0.325 e. The maximum atomic E-state index is 12.5. The van der Waals surface area contributed by atoms with Crippen molar-refractivity contribution >= 4 is 34.6 Å². The predicted octanol–water partition coefficient (Wildman–Crippen LogP) is 2.03. The SMILES string of the molecule is COC(=O)CNC(=O)c1ccc(C=CC(=O)c2c(O)c3ccccc3[nH]c2=O)cc1. The van der Waals surface area contributed by atoms with Gasteiger partial charge in [0.1, 0.15) is 17.9 Å². The Labute approximate surface area is 170 Å². The molecule has 2 aromatic carbocycles. The van der Waals surface area contributed by atoms with Gasteiger partial charge in [-0.05, 0) is 35.9 Å². The van der Waals surface area contributed by atoms with Crippen LogP contribution in [0.2, 0.25) is 0 Å². The minimum Gasteiger partial charge on any atom is -0.506 e. The number of aromatic amines is 1. The lowest BCUT2D eigenvalue weighted by atomic mass is 10.1. The number of carbonyl (C=O) groups excluding carboxylic acids is 3. The summed E-state index contributed by atoms with van der Waals surface area (Å²) in [4.78, 5) is 50.3. The zero-order valence-corrected chi connectivity index (χ0v) is 16.0. The van der Waals surface area contributed by atoms with Gasteiger partial charge in [0.25, 0.3) is 11.5 Å². The Hall–Kier alpha value is -4.20. The van der Waals surface area contributed by atoms with E-state index >= 15 is 0 Å². The van der Waals surface area contributed by atoms with Gasteiger partial charge >= 0.3 is 5.97 Å². The molecule has 8 nitrogen and oxygen atoms in total. The number of aromatic hydroxyl groups is 1. The number of ether oxygens (including phenoxy) is 1. The van der Waals surface area contributed by atoms with Crippen LogP contribution in [0.3, 0.4) is 0 Å². The number of allylic oxidation sites excluding steroid dienone is 1. The molecule has 152 valence electrons. The van der Waals surface area contributed by atoms with Crippen LogP contribution in [-0.2, 0) is 9.53 Å². The van der Waals surface area contributed by atoms with Crippen LogP contribution in [-0.4, -0.2) is 41.4 Å². The van der Waals surface area contributed by atoms with Crippen LogP contribution in [0.15, 0.2) is 59.4 Å². The average Bonchev–Trinajstić information content (AvgIpc) is 2.76. The fraction of sp³-hybridized carbons (Fsp3) is 0.0909. The first-order chi connectivity index (χ1) is 14.4. The lowest BCUT2D eigenvalue weighted by Crippen LogP contribution is -2.30. The molecule has 0 aliphatic carbocycles. The first-order valence-corrected chi connectivity index (χ1v) is 8.92. The third-order valence-electron chi connectivity index (χ3n) is 4.36. The van der Waals surface area contributed by atoms with Gasteiger partial charge in [-0.1, -0.05) is 30.3 Å². The zero-order valence-electron chi connectivity index (χ0n) is 16.0. The van der Waals surface area contributed by atoms with E-state index in [4.69, 9.17) is 0 Å². The first kappa shape index (κ1) is 20.5. The number of hydrogen-bond acceptors (Lipinski definition) is 6. The van der Waals surface area contributed by atoms with Gasteiger partial charge in [-0.3, -0.25) is 19.2 Å². The average molecular weight is 406 g/mol. The molecule has 3 aromatic rings. The second-order valence-corrected chi connectivity index (χ2v) is 6.30. The van der Waals surface area contributed by atoms with Gasteiger partial charge in [0.15, 0.2) is 5.78 Å². The standard InChI is InChI=1S/C22H18N2O6/c1-30-18(26)12-23-21(28)14-9-6-13(7-10-14)8-11-17(25)19-20(27)15-4-2-3-5-16(15)24-22(19)29/h2-11H,12H2,1H3,(H,23,28)(H2,24,27,29). The summed E-state index contributed by atoms with van der Waals surface area (Å²) >= 11 is 0. The number of benzene rings is 2. The largest absolute Gasteiger partial charge is 0.506 e. The van der Waals surface area contributed by atoms with E-state index in [9.17, 15) is 24.3 Å². The van der Waals surface area contributed by atoms with Crippen LogP contribution in [0.4, 0.5) is 0 Å². The summed E-state index contributed by atoms with van der Waals surface area (Å²) in [5.41, 5.74) is 0.333. The van der Waals surface area contributed by atoms with E-state index in [0.717, 1.165) is 0 Å². The molecule has 1 amide bonds. The minimum atomic E-state index is -0.682. The van der Waals surface area contributed by atoms with E-state index in [1.54, 1.807) is 36.4 Å². The smallest absolute Gasteiger partial charge is 0.325 e. The van der Waals surface area contributed by atoms with Crippen LogP contribution in [0, 0.1) is 0 Å². The molecule has 0 unspecified atom stereocenters. The Morgan fingerprint density at radius 1 is 1.10 bits per heavy atom. The number of amides is 1. The molecule has 8 heteroatoms. The van der Waals surface area contributed by atoms with Crippen LogP contribution in [0.1, 0.15) is 26.3 Å². The molecule has 0 saturated heterocycles. The van der Waals surface area contributed by atoms with Crippen LogP contribution in [0.5, 0.6) is 5.75 Å². The van der Waals surface area contributed by atoms with Gasteiger partial charge < -0.3 is 20.1 Å². The van der Waals surface area contributed by atoms with Crippen molar-refractivity contribution in [3.8, 4) is 5.75 Å². The van der Waals surface area contributed by atoms with Crippen molar-refractivity contribution in [2.24, 2.45) is 0 Å². The number of fused-ring (bicyclic) bond motifs is 1. The summed E-state index contributed by atoms with van der Waals surface area (Å²) in [5, 5.41) is 13.1. The number of hydrogen-bond donors (Lipinski definition) is 3. The van der Waals surface area contributed by atoms with Crippen molar-refractivity contribution in [1.82, 2.24) is 10.3 Å². The lowest BCUT2D eigenvalue weighted by molar-refractivity contribution is -0.139. The van der Waals surface area contributed by atoms with Gasteiger partial charge in [-0.2, -0.15) is 0 Å². The number of methoxy groups -OCH3 is 1. The van der Waals surface area contributed by atoms with Gasteiger partial charge in [0, 0.05) is 10.9 Å². The fourth-order valence-electron chi connectivity index (χ4n) is 2.78. The summed E-state index contributed by atoms with van der Waals surface area (Å²) in [5.74, 6) is -2.03. The molecule has 0 saturated carbocycles. The quantitative estimate of drug-likeness (QED) is 0.327. The predicted molar refractivity (Wildman–Crippen MR) is 110 cm³/mol. The van der Waals surface area contributed by atoms with Crippen LogP contribution in [0.25, 0.3) is 17.0 Å². The molecule has 30 heavy (non-hydrogen) atoms. The molecule has 0 fully saturated rings. The summed E-state index contributed by atoms with van der Waals surface area (Å²) in [6, 6.07) is 12.9. The minimum absolute atomic E-state index is 0.241. The Morgan fingerprint density at radius 2 is 1.80 bits per heavy atom. The second-order valence-electron chi connectivity index (χ2n) is 6.30. The first-order valence-electron chi connectivity index (χ1n) is 8.92. The van der Waals surface area contributed by atoms with E-state index in [2.05, 4.69) is 15.0 Å². The molecule has 0 bridgehead atoms. The van der Waals surface area contributed by atoms with Crippen molar-refractivity contribution in [3.05, 3.63) is 81.7 Å². The van der Waals surface area contributed by atoms with Crippen molar-refractivity contribution in [2.75, 3.05) is 13.7 Å². The Balaban J connectivity index is 1.76. The molecule has 1 heterocycles. The molecule has 0 aliphatic rings. The molecule has 0 aliphatic heterocycles. The Morgan fingerprint density at radius 3 is 2.50 bits per heavy atom. The molecular formula is C22H18N2O6. The summed E-state index contributed by atoms with van der Waals surface area (Å²) < 4.78 is 4.45. The number of aromatic nitrogens is 1. The zero-order chi connectivity index (χ0) is 21.7. The highest BCUT2D eigenvalue weighted by Gasteiger charge is 2.17. The van der Waals surface area contributed by atoms with E-state index < -0.39 is 23.2 Å². The number of esters is 1. The second kappa shape index (κ2) is 8.87. The normalized spacial score (nSPS) is 10.8. The topological polar surface area (TPSA) is 126 Å². The molecule has 1 aromatic heterocycles. The van der Waals surface area contributed by atoms with E-state index in [1.807, 2.05) is 0 Å². The monoisotopic (exact) mass is 406 g/mol. The molecule has 0 radical (unpaired) electrons. The Kier molecular flexibility index (Phi) is 6.07. The maximum absolute atomic E-state index is 12.5. The third kappa shape index (κ3) is 4.44. The number of para-hydroxylation sites is 1. The lowest BCUT2D eigenvalue weighted by Gasteiger charge is -2.05. The number of nitrogens with one attached hydrogen (secondary N) is 2. The molecule has 0 spiro atoms. The molecule has 3 rings (SSSR count). The summed E-state index contributed by atoms with van der Waals surface area (Å²) in [6.45, 7) is -0.241. The van der Waals surface area contributed by atoms with E-state index in [0.29, 0.717) is 22.0 Å². The summed E-state index contributed by atoms with van der Waals surface area (Å²) in [7, 11) is 1.22. The van der Waals surface area contributed by atoms with Crippen LogP contribution < -0.4 is 10.9 Å². The summed E-state index contributed by atoms with van der Waals surface area (Å²) in [6.07, 6.45) is 2.64. The van der Waals surface area contributed by atoms with Crippen molar-refractivity contribution in [1.29, 1.82) is 0 Å². The number of rotatable bonds is 6. The Bertz CT molecular complexity index is 1210. The highest BCUT2D eigenvalue weighted by atomic mass is 16.5. The van der Waals surface area contributed by atoms with Gasteiger partial charge in [0.05, 0.1) is 12.6 Å². The van der Waals surface area contributed by atoms with Crippen molar-refractivity contribution in [3.63, 3.8) is 0 Å². The van der Waals surface area contributed by atoms with Crippen molar-refractivity contribution < 1.29 is 24.2 Å². The molecule has 3 N–H and O–H groups in total. The molecular weight excluding hydrogens is 388 g/mol.